The third-order valence-corrected chi connectivity index (χ3v) is 3.40. The average Bonchev–Trinajstić information content (AvgIpc) is 2.83. The monoisotopic (exact) mass is 265 g/mol. The second-order valence-electron chi connectivity index (χ2n) is 6.63. The molecule has 0 bridgehead atoms. The number of carbonyl (C=O) groups excluding carboxylic acids is 1. The van der Waals surface area contributed by atoms with Crippen LogP contribution in [0.1, 0.15) is 45.6 Å². The van der Waals surface area contributed by atoms with Crippen molar-refractivity contribution in [3.05, 3.63) is 17.7 Å². The van der Waals surface area contributed by atoms with Gasteiger partial charge in [-0.3, -0.25) is 0 Å². The predicted octanol–water partition coefficient (Wildman–Crippen LogP) is 2.62. The van der Waals surface area contributed by atoms with Crippen LogP contribution in [-0.4, -0.2) is 39.7 Å². The zero-order valence-corrected chi connectivity index (χ0v) is 12.4. The summed E-state index contributed by atoms with van der Waals surface area (Å²) >= 11 is 0. The fourth-order valence-electron chi connectivity index (χ4n) is 2.36. The summed E-state index contributed by atoms with van der Waals surface area (Å²) in [4.78, 5) is 21.5. The third-order valence-electron chi connectivity index (χ3n) is 3.40. The number of nitrogens with zero attached hydrogens (tertiary/aromatic N) is 2. The Kier molecular flexibility index (Phi) is 3.32. The van der Waals surface area contributed by atoms with Crippen LogP contribution in [0, 0.1) is 6.92 Å². The molecule has 19 heavy (non-hydrogen) atoms. The third kappa shape index (κ3) is 3.08. The van der Waals surface area contributed by atoms with Crippen molar-refractivity contribution in [2.75, 3.05) is 13.1 Å². The lowest BCUT2D eigenvalue weighted by atomic mass is 9.89. The van der Waals surface area contributed by atoms with Crippen LogP contribution in [0.3, 0.4) is 0 Å². The summed E-state index contributed by atoms with van der Waals surface area (Å²) in [6, 6.07) is 0. The van der Waals surface area contributed by atoms with E-state index in [1.54, 1.807) is 4.90 Å². The van der Waals surface area contributed by atoms with Crippen LogP contribution < -0.4 is 0 Å². The zero-order valence-electron chi connectivity index (χ0n) is 12.4. The van der Waals surface area contributed by atoms with Crippen molar-refractivity contribution in [1.82, 2.24) is 14.9 Å². The molecule has 1 amide bonds. The van der Waals surface area contributed by atoms with E-state index in [0.717, 1.165) is 17.9 Å². The average molecular weight is 265 g/mol. The lowest BCUT2D eigenvalue weighted by molar-refractivity contribution is 0.0285. The summed E-state index contributed by atoms with van der Waals surface area (Å²) in [6.45, 7) is 11.1. The molecule has 1 N–H and O–H groups in total. The summed E-state index contributed by atoms with van der Waals surface area (Å²) < 4.78 is 5.41. The van der Waals surface area contributed by atoms with Gasteiger partial charge >= 0.3 is 6.09 Å². The summed E-state index contributed by atoms with van der Waals surface area (Å²) in [5.74, 6) is 0.955. The number of aromatic nitrogens is 2. The highest BCUT2D eigenvalue weighted by Crippen LogP contribution is 2.32. The Labute approximate surface area is 114 Å². The van der Waals surface area contributed by atoms with Gasteiger partial charge < -0.3 is 14.6 Å². The van der Waals surface area contributed by atoms with Crippen LogP contribution in [0.4, 0.5) is 4.79 Å². The van der Waals surface area contributed by atoms with Crippen LogP contribution in [-0.2, 0) is 10.2 Å². The van der Waals surface area contributed by atoms with Crippen molar-refractivity contribution in [3.8, 4) is 0 Å². The first-order valence-corrected chi connectivity index (χ1v) is 6.70. The number of amides is 1. The van der Waals surface area contributed by atoms with Gasteiger partial charge in [0.25, 0.3) is 0 Å². The van der Waals surface area contributed by atoms with Crippen molar-refractivity contribution in [2.24, 2.45) is 0 Å². The number of imidazole rings is 1. The second kappa shape index (κ2) is 4.54. The predicted molar refractivity (Wildman–Crippen MR) is 73.1 cm³/mol. The van der Waals surface area contributed by atoms with E-state index in [2.05, 4.69) is 16.9 Å². The number of likely N-dealkylation sites (tertiary alicyclic amines) is 1. The first kappa shape index (κ1) is 13.9. The van der Waals surface area contributed by atoms with E-state index in [1.807, 2.05) is 33.9 Å². The fraction of sp³-hybridized carbons (Fsp3) is 0.714. The maximum atomic E-state index is 12.1. The highest BCUT2D eigenvalue weighted by Gasteiger charge is 2.40. The Morgan fingerprint density at radius 2 is 2.21 bits per heavy atom. The molecule has 5 heteroatoms. The summed E-state index contributed by atoms with van der Waals surface area (Å²) in [6.07, 6.45) is 2.50. The van der Waals surface area contributed by atoms with Crippen molar-refractivity contribution in [2.45, 2.75) is 52.1 Å². The Hall–Kier alpha value is -1.52. The van der Waals surface area contributed by atoms with Gasteiger partial charge in [0.2, 0.25) is 0 Å². The molecule has 1 aromatic heterocycles. The molecule has 1 atom stereocenters. The number of ether oxygens (including phenoxy) is 1. The van der Waals surface area contributed by atoms with Gasteiger partial charge in [0.15, 0.2) is 0 Å². The van der Waals surface area contributed by atoms with Gasteiger partial charge in [-0.25, -0.2) is 9.78 Å². The van der Waals surface area contributed by atoms with E-state index in [-0.39, 0.29) is 11.5 Å². The van der Waals surface area contributed by atoms with E-state index in [1.165, 1.54) is 0 Å². The number of carbonyl (C=O) groups is 1. The van der Waals surface area contributed by atoms with E-state index >= 15 is 0 Å². The fourth-order valence-corrected chi connectivity index (χ4v) is 2.36. The van der Waals surface area contributed by atoms with Crippen LogP contribution >= 0.6 is 0 Å². The number of hydrogen-bond donors (Lipinski definition) is 1. The minimum absolute atomic E-state index is 0.106. The number of aromatic amines is 1. The molecular weight excluding hydrogens is 242 g/mol. The Morgan fingerprint density at radius 3 is 2.74 bits per heavy atom. The SMILES string of the molecule is Cc1cnc(C2(C)CCN(C(=O)OC(C)(C)C)C2)[nH]1. The largest absolute Gasteiger partial charge is 0.444 e. The molecule has 1 fully saturated rings. The molecular formula is C14H23N3O2. The maximum Gasteiger partial charge on any atom is 0.410 e. The van der Waals surface area contributed by atoms with Gasteiger partial charge in [-0.15, -0.1) is 0 Å². The van der Waals surface area contributed by atoms with Crippen molar-refractivity contribution >= 4 is 6.09 Å². The number of H-pyrrole nitrogens is 1. The molecule has 0 saturated carbocycles. The quantitative estimate of drug-likeness (QED) is 0.849. The normalized spacial score (nSPS) is 23.7. The lowest BCUT2D eigenvalue weighted by Gasteiger charge is -2.26. The van der Waals surface area contributed by atoms with Gasteiger partial charge in [0.05, 0.1) is 0 Å². The smallest absolute Gasteiger partial charge is 0.410 e. The summed E-state index contributed by atoms with van der Waals surface area (Å²) in [5.41, 5.74) is 0.495. The van der Waals surface area contributed by atoms with Crippen LogP contribution in [0.2, 0.25) is 0 Å². The number of aryl methyl sites for hydroxylation is 1. The molecule has 1 aliphatic heterocycles. The topological polar surface area (TPSA) is 58.2 Å². The highest BCUT2D eigenvalue weighted by molar-refractivity contribution is 5.68. The Bertz CT molecular complexity index is 475. The van der Waals surface area contributed by atoms with E-state index in [9.17, 15) is 4.79 Å². The molecule has 0 aromatic carbocycles. The van der Waals surface area contributed by atoms with E-state index < -0.39 is 5.60 Å². The number of rotatable bonds is 1. The highest BCUT2D eigenvalue weighted by atomic mass is 16.6. The molecule has 0 spiro atoms. The van der Waals surface area contributed by atoms with Crippen LogP contribution in [0.25, 0.3) is 0 Å². The van der Waals surface area contributed by atoms with Gasteiger partial charge in [0, 0.05) is 30.4 Å². The molecule has 1 unspecified atom stereocenters. The Morgan fingerprint density at radius 1 is 1.53 bits per heavy atom. The van der Waals surface area contributed by atoms with E-state index in [4.69, 9.17) is 4.74 Å². The molecule has 106 valence electrons. The number of nitrogens with one attached hydrogen (secondary N) is 1. The number of hydrogen-bond acceptors (Lipinski definition) is 3. The van der Waals surface area contributed by atoms with Crippen molar-refractivity contribution in [3.63, 3.8) is 0 Å². The first-order chi connectivity index (χ1) is 8.70. The molecule has 0 radical (unpaired) electrons. The minimum Gasteiger partial charge on any atom is -0.444 e. The molecule has 2 rings (SSSR count). The van der Waals surface area contributed by atoms with Gasteiger partial charge in [0.1, 0.15) is 11.4 Å². The van der Waals surface area contributed by atoms with Gasteiger partial charge in [-0.1, -0.05) is 6.92 Å². The molecule has 1 saturated heterocycles. The van der Waals surface area contributed by atoms with E-state index in [0.29, 0.717) is 13.1 Å². The molecule has 1 aromatic rings. The maximum absolute atomic E-state index is 12.1. The van der Waals surface area contributed by atoms with Crippen LogP contribution in [0.5, 0.6) is 0 Å². The van der Waals surface area contributed by atoms with Gasteiger partial charge in [-0.2, -0.15) is 0 Å². The van der Waals surface area contributed by atoms with Gasteiger partial charge in [-0.05, 0) is 34.1 Å². The molecule has 0 aliphatic carbocycles. The summed E-state index contributed by atoms with van der Waals surface area (Å²) in [7, 11) is 0. The van der Waals surface area contributed by atoms with Crippen molar-refractivity contribution in [1.29, 1.82) is 0 Å². The summed E-state index contributed by atoms with van der Waals surface area (Å²) in [5, 5.41) is 0. The molecule has 1 aliphatic rings. The minimum atomic E-state index is -0.447. The molecule has 5 nitrogen and oxygen atoms in total. The molecule has 2 heterocycles. The second-order valence-corrected chi connectivity index (χ2v) is 6.63. The van der Waals surface area contributed by atoms with Crippen molar-refractivity contribution < 1.29 is 9.53 Å². The zero-order chi connectivity index (χ0) is 14.3. The van der Waals surface area contributed by atoms with Crippen LogP contribution in [0.15, 0.2) is 6.20 Å². The first-order valence-electron chi connectivity index (χ1n) is 6.70. The Balaban J connectivity index is 2.05. The lowest BCUT2D eigenvalue weighted by Crippen LogP contribution is -2.37. The standard InChI is InChI=1S/C14H23N3O2/c1-10-8-15-11(16-10)14(5)6-7-17(9-14)12(18)19-13(2,3)4/h8H,6-7,9H2,1-5H3,(H,15,16).